The second-order valence-corrected chi connectivity index (χ2v) is 4.74. The molecule has 0 heterocycles. The number of unbranched alkanes of at least 4 members (excludes halogenated alkanes) is 5. The minimum atomic E-state index is 0.0711. The number of rotatable bonds is 10. The van der Waals surface area contributed by atoms with Gasteiger partial charge in [-0.05, 0) is 30.5 Å². The Bertz CT molecular complexity index is 310. The molecule has 18 heavy (non-hydrogen) atoms. The second kappa shape index (κ2) is 9.95. The quantitative estimate of drug-likeness (QED) is 0.637. The van der Waals surface area contributed by atoms with Crippen LogP contribution in [0.1, 0.15) is 51.0 Å². The molecule has 0 saturated heterocycles. The van der Waals surface area contributed by atoms with Gasteiger partial charge in [0.1, 0.15) is 12.4 Å². The Labute approximate surface area is 111 Å². The van der Waals surface area contributed by atoms with Crippen LogP contribution in [0.4, 0.5) is 0 Å². The van der Waals surface area contributed by atoms with E-state index in [1.165, 1.54) is 44.1 Å². The Kier molecular flexibility index (Phi) is 8.32. The lowest BCUT2D eigenvalue weighted by molar-refractivity contribution is 0.201. The Hall–Kier alpha value is -1.02. The number of ether oxygens (including phenoxy) is 1. The SMILES string of the molecule is CCCCCCCCc1cccc(OCCO)c1. The predicted octanol–water partition coefficient (Wildman–Crippen LogP) is 3.96. The number of benzene rings is 1. The van der Waals surface area contributed by atoms with E-state index in [0.717, 1.165) is 12.2 Å². The molecule has 0 saturated carbocycles. The molecule has 2 nitrogen and oxygen atoms in total. The average Bonchev–Trinajstić information content (AvgIpc) is 2.41. The zero-order chi connectivity index (χ0) is 13.1. The van der Waals surface area contributed by atoms with Crippen LogP contribution in [0.25, 0.3) is 0 Å². The monoisotopic (exact) mass is 250 g/mol. The van der Waals surface area contributed by atoms with Crippen molar-refractivity contribution >= 4 is 0 Å². The number of hydrogen-bond donors (Lipinski definition) is 1. The van der Waals surface area contributed by atoms with Crippen LogP contribution in [0.2, 0.25) is 0 Å². The van der Waals surface area contributed by atoms with Crippen LogP contribution in [0.15, 0.2) is 24.3 Å². The first-order valence-electron chi connectivity index (χ1n) is 7.19. The maximum Gasteiger partial charge on any atom is 0.119 e. The first kappa shape index (κ1) is 15.0. The highest BCUT2D eigenvalue weighted by atomic mass is 16.5. The number of aliphatic hydroxyl groups is 1. The van der Waals surface area contributed by atoms with Gasteiger partial charge in [0.2, 0.25) is 0 Å². The minimum absolute atomic E-state index is 0.0711. The third kappa shape index (κ3) is 6.65. The van der Waals surface area contributed by atoms with Crippen molar-refractivity contribution < 1.29 is 9.84 Å². The van der Waals surface area contributed by atoms with Gasteiger partial charge in [-0.25, -0.2) is 0 Å². The predicted molar refractivity (Wildman–Crippen MR) is 76.1 cm³/mol. The van der Waals surface area contributed by atoms with Crippen LogP contribution in [-0.4, -0.2) is 18.3 Å². The Morgan fingerprint density at radius 3 is 2.61 bits per heavy atom. The molecule has 1 N–H and O–H groups in total. The number of aliphatic hydroxyl groups excluding tert-OH is 1. The molecule has 0 spiro atoms. The van der Waals surface area contributed by atoms with Crippen molar-refractivity contribution in [2.24, 2.45) is 0 Å². The highest BCUT2D eigenvalue weighted by Gasteiger charge is 1.97. The lowest BCUT2D eigenvalue weighted by Gasteiger charge is -2.06. The van der Waals surface area contributed by atoms with Gasteiger partial charge in [0.25, 0.3) is 0 Å². The van der Waals surface area contributed by atoms with Gasteiger partial charge in [-0.3, -0.25) is 0 Å². The summed E-state index contributed by atoms with van der Waals surface area (Å²) in [6.07, 6.45) is 9.11. The van der Waals surface area contributed by atoms with Crippen LogP contribution in [0.5, 0.6) is 5.75 Å². The Balaban J connectivity index is 2.20. The molecule has 0 amide bonds. The van der Waals surface area contributed by atoms with Gasteiger partial charge >= 0.3 is 0 Å². The van der Waals surface area contributed by atoms with E-state index in [9.17, 15) is 0 Å². The van der Waals surface area contributed by atoms with E-state index in [0.29, 0.717) is 6.61 Å². The van der Waals surface area contributed by atoms with Gasteiger partial charge in [0.15, 0.2) is 0 Å². The average molecular weight is 250 g/mol. The van der Waals surface area contributed by atoms with E-state index < -0.39 is 0 Å². The molecule has 1 aromatic rings. The van der Waals surface area contributed by atoms with E-state index in [4.69, 9.17) is 9.84 Å². The lowest BCUT2D eigenvalue weighted by atomic mass is 10.0. The molecule has 102 valence electrons. The summed E-state index contributed by atoms with van der Waals surface area (Å²) in [6, 6.07) is 8.21. The lowest BCUT2D eigenvalue weighted by Crippen LogP contribution is -2.01. The fourth-order valence-electron chi connectivity index (χ4n) is 2.06. The van der Waals surface area contributed by atoms with Gasteiger partial charge in [-0.1, -0.05) is 51.2 Å². The van der Waals surface area contributed by atoms with E-state index in [2.05, 4.69) is 19.1 Å². The molecule has 0 unspecified atom stereocenters. The van der Waals surface area contributed by atoms with E-state index in [-0.39, 0.29) is 6.61 Å². The van der Waals surface area contributed by atoms with E-state index >= 15 is 0 Å². The van der Waals surface area contributed by atoms with Crippen molar-refractivity contribution in [3.8, 4) is 5.75 Å². The van der Waals surface area contributed by atoms with Crippen LogP contribution in [-0.2, 0) is 6.42 Å². The molecule has 0 aliphatic carbocycles. The molecular weight excluding hydrogens is 224 g/mol. The van der Waals surface area contributed by atoms with Crippen molar-refractivity contribution in [1.29, 1.82) is 0 Å². The molecular formula is C16H26O2. The summed E-state index contributed by atoms with van der Waals surface area (Å²) in [5, 5.41) is 8.72. The summed E-state index contributed by atoms with van der Waals surface area (Å²) < 4.78 is 5.41. The van der Waals surface area contributed by atoms with Crippen LogP contribution in [0, 0.1) is 0 Å². The smallest absolute Gasteiger partial charge is 0.119 e. The summed E-state index contributed by atoms with van der Waals surface area (Å²) in [4.78, 5) is 0. The Morgan fingerprint density at radius 1 is 1.06 bits per heavy atom. The minimum Gasteiger partial charge on any atom is -0.491 e. The zero-order valence-electron chi connectivity index (χ0n) is 11.5. The molecule has 0 atom stereocenters. The molecule has 0 aromatic heterocycles. The molecule has 2 heteroatoms. The van der Waals surface area contributed by atoms with Gasteiger partial charge in [0.05, 0.1) is 6.61 Å². The van der Waals surface area contributed by atoms with Gasteiger partial charge < -0.3 is 9.84 Å². The topological polar surface area (TPSA) is 29.5 Å². The standard InChI is InChI=1S/C16H26O2/c1-2-3-4-5-6-7-9-15-10-8-11-16(14-15)18-13-12-17/h8,10-11,14,17H,2-7,9,12-13H2,1H3. The van der Waals surface area contributed by atoms with Crippen LogP contribution < -0.4 is 4.74 Å². The summed E-state index contributed by atoms with van der Waals surface area (Å²) in [7, 11) is 0. The molecule has 0 aliphatic rings. The first-order valence-corrected chi connectivity index (χ1v) is 7.19. The van der Waals surface area contributed by atoms with Crippen molar-refractivity contribution in [3.63, 3.8) is 0 Å². The summed E-state index contributed by atoms with van der Waals surface area (Å²) in [5.41, 5.74) is 1.33. The summed E-state index contributed by atoms with van der Waals surface area (Å²) in [5.74, 6) is 0.868. The fourth-order valence-corrected chi connectivity index (χ4v) is 2.06. The van der Waals surface area contributed by atoms with Crippen LogP contribution >= 0.6 is 0 Å². The molecule has 0 fully saturated rings. The fraction of sp³-hybridized carbons (Fsp3) is 0.625. The highest BCUT2D eigenvalue weighted by molar-refractivity contribution is 5.28. The maximum atomic E-state index is 8.72. The van der Waals surface area contributed by atoms with Crippen molar-refractivity contribution in [2.75, 3.05) is 13.2 Å². The van der Waals surface area contributed by atoms with Crippen LogP contribution in [0.3, 0.4) is 0 Å². The third-order valence-electron chi connectivity index (χ3n) is 3.08. The van der Waals surface area contributed by atoms with E-state index in [1.54, 1.807) is 0 Å². The van der Waals surface area contributed by atoms with Gasteiger partial charge in [0, 0.05) is 0 Å². The normalized spacial score (nSPS) is 10.6. The molecule has 1 aromatic carbocycles. The first-order chi connectivity index (χ1) is 8.86. The molecule has 0 bridgehead atoms. The van der Waals surface area contributed by atoms with Gasteiger partial charge in [-0.15, -0.1) is 0 Å². The highest BCUT2D eigenvalue weighted by Crippen LogP contribution is 2.16. The van der Waals surface area contributed by atoms with Gasteiger partial charge in [-0.2, -0.15) is 0 Å². The number of hydrogen-bond acceptors (Lipinski definition) is 2. The number of aryl methyl sites for hydroxylation is 1. The summed E-state index contributed by atoms with van der Waals surface area (Å²) in [6.45, 7) is 2.69. The molecule has 0 aliphatic heterocycles. The van der Waals surface area contributed by atoms with Crippen molar-refractivity contribution in [3.05, 3.63) is 29.8 Å². The van der Waals surface area contributed by atoms with Crippen molar-refractivity contribution in [1.82, 2.24) is 0 Å². The largest absolute Gasteiger partial charge is 0.491 e. The maximum absolute atomic E-state index is 8.72. The molecule has 1 rings (SSSR count). The third-order valence-corrected chi connectivity index (χ3v) is 3.08. The van der Waals surface area contributed by atoms with E-state index in [1.807, 2.05) is 12.1 Å². The second-order valence-electron chi connectivity index (χ2n) is 4.74. The van der Waals surface area contributed by atoms with Crippen molar-refractivity contribution in [2.45, 2.75) is 51.9 Å². The zero-order valence-corrected chi connectivity index (χ0v) is 11.5. The Morgan fingerprint density at radius 2 is 1.83 bits per heavy atom. The summed E-state index contributed by atoms with van der Waals surface area (Å²) >= 11 is 0. The molecule has 0 radical (unpaired) electrons.